The van der Waals surface area contributed by atoms with Crippen molar-refractivity contribution in [3.63, 3.8) is 0 Å². The quantitative estimate of drug-likeness (QED) is 0.622. The third-order valence-corrected chi connectivity index (χ3v) is 6.51. The minimum Gasteiger partial charge on any atom is -0.496 e. The number of H-pyrrole nitrogens is 1. The van der Waals surface area contributed by atoms with Crippen LogP contribution in [0.15, 0.2) is 41.5 Å². The largest absolute Gasteiger partial charge is 0.496 e. The monoisotopic (exact) mass is 447 g/mol. The molecule has 0 atom stereocenters. The molecule has 1 fully saturated rings. The molecule has 0 amide bonds. The lowest BCUT2D eigenvalue weighted by Crippen LogP contribution is -2.35. The van der Waals surface area contributed by atoms with E-state index in [-0.39, 0.29) is 5.56 Å². The summed E-state index contributed by atoms with van der Waals surface area (Å²) in [6.45, 7) is 4.16. The molecule has 8 nitrogen and oxygen atoms in total. The van der Waals surface area contributed by atoms with Gasteiger partial charge in [-0.2, -0.15) is 0 Å². The third kappa shape index (κ3) is 4.30. The summed E-state index contributed by atoms with van der Waals surface area (Å²) in [5, 5.41) is 0. The fourth-order valence-corrected chi connectivity index (χ4v) is 4.78. The van der Waals surface area contributed by atoms with Gasteiger partial charge in [-0.05, 0) is 37.5 Å². The van der Waals surface area contributed by atoms with Crippen LogP contribution in [0, 0.1) is 0 Å². The minimum atomic E-state index is -0.0623. The number of fused-ring (bicyclic) bond motifs is 1. The molecule has 3 aromatic rings. The Bertz CT molecular complexity index is 1190. The fraction of sp³-hybridized carbons (Fsp3) is 0.400. The molecule has 0 saturated carbocycles. The van der Waals surface area contributed by atoms with E-state index < -0.39 is 0 Å². The highest BCUT2D eigenvalue weighted by Crippen LogP contribution is 2.38. The van der Waals surface area contributed by atoms with Crippen LogP contribution in [0.5, 0.6) is 11.5 Å². The molecule has 2 aliphatic heterocycles. The molecule has 1 N–H and O–H groups in total. The summed E-state index contributed by atoms with van der Waals surface area (Å²) < 4.78 is 11.5. The first kappa shape index (κ1) is 21.5. The fourth-order valence-electron chi connectivity index (χ4n) is 4.78. The second-order valence-corrected chi connectivity index (χ2v) is 8.57. The van der Waals surface area contributed by atoms with Gasteiger partial charge in [-0.3, -0.25) is 14.7 Å². The summed E-state index contributed by atoms with van der Waals surface area (Å²) in [7, 11) is 3.43. The maximum atomic E-state index is 12.7. The Morgan fingerprint density at radius 3 is 2.64 bits per heavy atom. The van der Waals surface area contributed by atoms with Crippen LogP contribution in [-0.4, -0.2) is 53.7 Å². The molecule has 2 aliphatic rings. The summed E-state index contributed by atoms with van der Waals surface area (Å²) in [5.74, 6) is 2.29. The van der Waals surface area contributed by atoms with Crippen LogP contribution < -0.4 is 19.9 Å². The van der Waals surface area contributed by atoms with Crippen molar-refractivity contribution in [1.82, 2.24) is 19.9 Å². The molecule has 0 bridgehead atoms. The SMILES string of the molecule is COc1cc(N2CCCC2)c(OC)cc1CN1CCc2c(nc(-c3cccnc3)[nH]c2=O)C1. The number of aromatic nitrogens is 3. The van der Waals surface area contributed by atoms with E-state index in [2.05, 4.69) is 31.9 Å². The van der Waals surface area contributed by atoms with Gasteiger partial charge < -0.3 is 19.4 Å². The van der Waals surface area contributed by atoms with E-state index in [4.69, 9.17) is 14.5 Å². The summed E-state index contributed by atoms with van der Waals surface area (Å²) in [6, 6.07) is 7.93. The molecule has 1 saturated heterocycles. The Morgan fingerprint density at radius 1 is 1.09 bits per heavy atom. The Morgan fingerprint density at radius 2 is 1.91 bits per heavy atom. The van der Waals surface area contributed by atoms with Gasteiger partial charge in [0.2, 0.25) is 0 Å². The van der Waals surface area contributed by atoms with Crippen LogP contribution in [0.25, 0.3) is 11.4 Å². The number of ether oxygens (including phenoxy) is 2. The smallest absolute Gasteiger partial charge is 0.254 e. The second kappa shape index (κ2) is 9.23. The first-order chi connectivity index (χ1) is 16.2. The Labute approximate surface area is 193 Å². The number of benzene rings is 1. The Balaban J connectivity index is 1.41. The van der Waals surface area contributed by atoms with Crippen LogP contribution in [0.3, 0.4) is 0 Å². The van der Waals surface area contributed by atoms with Crippen LogP contribution in [0.4, 0.5) is 5.69 Å². The average molecular weight is 448 g/mol. The van der Waals surface area contributed by atoms with Gasteiger partial charge in [0.05, 0.1) is 25.6 Å². The summed E-state index contributed by atoms with van der Waals surface area (Å²) in [6.07, 6.45) is 6.49. The zero-order valence-electron chi connectivity index (χ0n) is 19.1. The van der Waals surface area contributed by atoms with E-state index in [1.165, 1.54) is 12.8 Å². The molecule has 1 aromatic carbocycles. The standard InChI is InChI=1S/C25H29N5O3/c1-32-22-13-21(30-9-3-4-10-30)23(33-2)12-18(22)15-29-11-7-19-20(16-29)27-24(28-25(19)31)17-6-5-8-26-14-17/h5-6,8,12-14H,3-4,7,9-11,15-16H2,1-2H3,(H,27,28,31). The molecule has 172 valence electrons. The molecule has 4 heterocycles. The first-order valence-corrected chi connectivity index (χ1v) is 11.4. The molecular formula is C25H29N5O3. The van der Waals surface area contributed by atoms with E-state index in [1.807, 2.05) is 12.1 Å². The number of anilines is 1. The molecule has 33 heavy (non-hydrogen) atoms. The first-order valence-electron chi connectivity index (χ1n) is 11.4. The summed E-state index contributed by atoms with van der Waals surface area (Å²) in [4.78, 5) is 29.2. The Hall–Kier alpha value is -3.39. The number of hydrogen-bond donors (Lipinski definition) is 1. The van der Waals surface area contributed by atoms with E-state index >= 15 is 0 Å². The van der Waals surface area contributed by atoms with Gasteiger partial charge in [0.25, 0.3) is 5.56 Å². The second-order valence-electron chi connectivity index (χ2n) is 8.57. The maximum absolute atomic E-state index is 12.7. The van der Waals surface area contributed by atoms with Crippen molar-refractivity contribution < 1.29 is 9.47 Å². The minimum absolute atomic E-state index is 0.0623. The van der Waals surface area contributed by atoms with Crippen molar-refractivity contribution in [3.8, 4) is 22.9 Å². The molecule has 0 aliphatic carbocycles. The van der Waals surface area contributed by atoms with Crippen molar-refractivity contribution in [3.05, 3.63) is 63.8 Å². The van der Waals surface area contributed by atoms with Crippen molar-refractivity contribution >= 4 is 5.69 Å². The zero-order chi connectivity index (χ0) is 22.8. The van der Waals surface area contributed by atoms with Gasteiger partial charge in [-0.1, -0.05) is 0 Å². The normalized spacial score (nSPS) is 16.0. The lowest BCUT2D eigenvalue weighted by Gasteiger charge is -2.29. The summed E-state index contributed by atoms with van der Waals surface area (Å²) in [5.41, 5.74) is 4.49. The number of methoxy groups -OCH3 is 2. The molecular weight excluding hydrogens is 418 g/mol. The maximum Gasteiger partial charge on any atom is 0.254 e. The average Bonchev–Trinajstić information content (AvgIpc) is 3.39. The summed E-state index contributed by atoms with van der Waals surface area (Å²) >= 11 is 0. The highest BCUT2D eigenvalue weighted by atomic mass is 16.5. The van der Waals surface area contributed by atoms with E-state index in [9.17, 15) is 4.79 Å². The van der Waals surface area contributed by atoms with E-state index in [1.54, 1.807) is 26.6 Å². The van der Waals surface area contributed by atoms with Crippen molar-refractivity contribution in [2.45, 2.75) is 32.4 Å². The number of rotatable bonds is 6. The molecule has 8 heteroatoms. The van der Waals surface area contributed by atoms with Gasteiger partial charge in [0.15, 0.2) is 0 Å². The van der Waals surface area contributed by atoms with Crippen LogP contribution >= 0.6 is 0 Å². The number of nitrogens with one attached hydrogen (secondary N) is 1. The van der Waals surface area contributed by atoms with Crippen LogP contribution in [0.2, 0.25) is 0 Å². The van der Waals surface area contributed by atoms with Gasteiger partial charge in [0, 0.05) is 67.9 Å². The van der Waals surface area contributed by atoms with Crippen LogP contribution in [0.1, 0.15) is 29.7 Å². The lowest BCUT2D eigenvalue weighted by molar-refractivity contribution is 0.236. The lowest BCUT2D eigenvalue weighted by atomic mass is 10.0. The van der Waals surface area contributed by atoms with Crippen molar-refractivity contribution in [2.75, 3.05) is 38.8 Å². The molecule has 2 aromatic heterocycles. The van der Waals surface area contributed by atoms with E-state index in [0.29, 0.717) is 25.3 Å². The molecule has 0 unspecified atom stereocenters. The van der Waals surface area contributed by atoms with Crippen molar-refractivity contribution in [1.29, 1.82) is 0 Å². The van der Waals surface area contributed by atoms with Crippen LogP contribution in [-0.2, 0) is 19.5 Å². The molecule has 0 spiro atoms. The Kier molecular flexibility index (Phi) is 6.00. The van der Waals surface area contributed by atoms with Gasteiger partial charge in [0.1, 0.15) is 17.3 Å². The number of aromatic amines is 1. The number of pyridine rings is 1. The number of nitrogens with zero attached hydrogens (tertiary/aromatic N) is 4. The topological polar surface area (TPSA) is 83.6 Å². The highest BCUT2D eigenvalue weighted by molar-refractivity contribution is 5.64. The molecule has 0 radical (unpaired) electrons. The van der Waals surface area contributed by atoms with E-state index in [0.717, 1.165) is 59.2 Å². The van der Waals surface area contributed by atoms with Gasteiger partial charge in [-0.25, -0.2) is 4.98 Å². The number of hydrogen-bond acceptors (Lipinski definition) is 7. The van der Waals surface area contributed by atoms with Crippen molar-refractivity contribution in [2.24, 2.45) is 0 Å². The predicted octanol–water partition coefficient (Wildman–Crippen LogP) is 3.01. The van der Waals surface area contributed by atoms with Gasteiger partial charge in [-0.15, -0.1) is 0 Å². The predicted molar refractivity (Wildman–Crippen MR) is 127 cm³/mol. The van der Waals surface area contributed by atoms with Gasteiger partial charge >= 0.3 is 0 Å². The molecule has 5 rings (SSSR count). The highest BCUT2D eigenvalue weighted by Gasteiger charge is 2.24. The third-order valence-electron chi connectivity index (χ3n) is 6.51. The zero-order valence-corrected chi connectivity index (χ0v) is 19.1.